The van der Waals surface area contributed by atoms with Crippen LogP contribution in [0.25, 0.3) is 16.7 Å². The molecule has 0 aliphatic heterocycles. The number of benzene rings is 1. The number of pyridine rings is 1. The van der Waals surface area contributed by atoms with Crippen molar-refractivity contribution in [3.63, 3.8) is 0 Å². The van der Waals surface area contributed by atoms with E-state index in [2.05, 4.69) is 20.3 Å². The number of fused-ring (bicyclic) bond motifs is 1. The number of imidazole rings is 1. The summed E-state index contributed by atoms with van der Waals surface area (Å²) in [4.78, 5) is 34.6. The first kappa shape index (κ1) is 24.1. The van der Waals surface area contributed by atoms with Gasteiger partial charge in [-0.1, -0.05) is 11.6 Å². The summed E-state index contributed by atoms with van der Waals surface area (Å²) in [7, 11) is -2.67. The van der Waals surface area contributed by atoms with Gasteiger partial charge >= 0.3 is 7.82 Å². The molecule has 0 radical (unpaired) electrons. The minimum Gasteiger partial charge on any atom is -1.00 e. The first-order chi connectivity index (χ1) is 13.7. The molecule has 0 bridgehead atoms. The molecule has 10 nitrogen and oxygen atoms in total. The van der Waals surface area contributed by atoms with E-state index in [4.69, 9.17) is 30.8 Å². The summed E-state index contributed by atoms with van der Waals surface area (Å²) in [5.41, 5.74) is 1.65. The third kappa shape index (κ3) is 6.97. The van der Waals surface area contributed by atoms with Crippen molar-refractivity contribution in [1.29, 1.82) is 0 Å². The zero-order valence-corrected chi connectivity index (χ0v) is 19.3. The molecule has 4 aromatic rings. The fourth-order valence-electron chi connectivity index (χ4n) is 2.46. The van der Waals surface area contributed by atoms with Crippen molar-refractivity contribution in [1.82, 2.24) is 19.5 Å². The fourth-order valence-corrected chi connectivity index (χ4v) is 2.63. The number of aromatic nitrogens is 5. The van der Waals surface area contributed by atoms with E-state index in [1.807, 2.05) is 65.2 Å². The molecule has 3 heterocycles. The van der Waals surface area contributed by atoms with E-state index in [0.717, 1.165) is 28.2 Å². The standard InChI is InChI=1S/C17H14ClN6.HI.H3O4P/c1-23-6-7-24(11-23)16-5-3-13(9-19-16)22-17-14-4-2-12(18)8-15(14)20-10-21-17;;1-5(2,3)4/h2-11H,1H3,(H,20,21,22);1H;(H3,1,2,3,4)/q+1;;/p-1. The summed E-state index contributed by atoms with van der Waals surface area (Å²) in [5.74, 6) is 1.57. The molecule has 0 aliphatic rings. The maximum atomic E-state index is 8.88. The number of hydrogen-bond donors (Lipinski definition) is 4. The number of halogens is 2. The molecular formula is C17H17ClIN6O4P. The predicted octanol–water partition coefficient (Wildman–Crippen LogP) is -0.888. The van der Waals surface area contributed by atoms with Gasteiger partial charge < -0.3 is 44.0 Å². The molecule has 158 valence electrons. The molecule has 4 N–H and O–H groups in total. The van der Waals surface area contributed by atoms with Gasteiger partial charge in [0.05, 0.1) is 24.4 Å². The molecule has 4 rings (SSSR count). The van der Waals surface area contributed by atoms with E-state index < -0.39 is 7.82 Å². The van der Waals surface area contributed by atoms with Gasteiger partial charge in [0, 0.05) is 16.5 Å². The van der Waals surface area contributed by atoms with Gasteiger partial charge in [0.1, 0.15) is 24.5 Å². The Labute approximate surface area is 193 Å². The molecule has 0 aliphatic carbocycles. The van der Waals surface area contributed by atoms with Crippen LogP contribution in [0.4, 0.5) is 11.5 Å². The van der Waals surface area contributed by atoms with Gasteiger partial charge in [0.2, 0.25) is 12.1 Å². The lowest BCUT2D eigenvalue weighted by Crippen LogP contribution is -3.00. The van der Waals surface area contributed by atoms with E-state index in [-0.39, 0.29) is 24.0 Å². The second-order valence-electron chi connectivity index (χ2n) is 5.91. The van der Waals surface area contributed by atoms with Gasteiger partial charge in [-0.2, -0.15) is 4.57 Å². The maximum Gasteiger partial charge on any atom is 0.466 e. The van der Waals surface area contributed by atoms with Gasteiger partial charge in [-0.05, 0) is 24.3 Å². The SMILES string of the molecule is C[n+]1ccn(-c2ccc(Nc3ncnc4cc(Cl)ccc34)cn2)c1.O=P(O)(O)O.[I-]. The quantitative estimate of drug-likeness (QED) is 0.144. The highest BCUT2D eigenvalue weighted by atomic mass is 127. The average Bonchev–Trinajstić information content (AvgIpc) is 3.07. The summed E-state index contributed by atoms with van der Waals surface area (Å²) in [6.07, 6.45) is 9.17. The Morgan fingerprint density at radius 1 is 1.13 bits per heavy atom. The third-order valence-corrected chi connectivity index (χ3v) is 3.88. The summed E-state index contributed by atoms with van der Waals surface area (Å²) < 4.78 is 12.8. The average molecular weight is 563 g/mol. The smallest absolute Gasteiger partial charge is 0.466 e. The molecule has 13 heteroatoms. The molecule has 0 amide bonds. The first-order valence-electron chi connectivity index (χ1n) is 8.14. The molecule has 0 spiro atoms. The van der Waals surface area contributed by atoms with Crippen LogP contribution in [0, 0.1) is 0 Å². The maximum absolute atomic E-state index is 8.88. The molecule has 0 unspecified atom stereocenters. The van der Waals surface area contributed by atoms with E-state index in [1.165, 1.54) is 6.33 Å². The van der Waals surface area contributed by atoms with Gasteiger partial charge in [-0.25, -0.2) is 24.1 Å². The minimum absolute atomic E-state index is 0. The Morgan fingerprint density at radius 2 is 1.87 bits per heavy atom. The number of nitrogens with zero attached hydrogens (tertiary/aromatic N) is 5. The molecule has 0 atom stereocenters. The van der Waals surface area contributed by atoms with Gasteiger partial charge in [0.25, 0.3) is 0 Å². The molecule has 0 saturated heterocycles. The van der Waals surface area contributed by atoms with Crippen LogP contribution >= 0.6 is 19.4 Å². The van der Waals surface area contributed by atoms with E-state index in [1.54, 1.807) is 6.20 Å². The number of aryl methyl sites for hydroxylation is 1. The van der Waals surface area contributed by atoms with Gasteiger partial charge in [-0.3, -0.25) is 0 Å². The summed E-state index contributed by atoms with van der Waals surface area (Å²) in [5, 5.41) is 4.84. The number of anilines is 2. The number of hydrogen-bond acceptors (Lipinski definition) is 5. The summed E-state index contributed by atoms with van der Waals surface area (Å²) >= 11 is 6.01. The molecule has 30 heavy (non-hydrogen) atoms. The second-order valence-corrected chi connectivity index (χ2v) is 7.38. The third-order valence-electron chi connectivity index (χ3n) is 3.64. The van der Waals surface area contributed by atoms with Crippen LogP contribution in [-0.2, 0) is 11.6 Å². The Kier molecular flexibility index (Phi) is 8.24. The monoisotopic (exact) mass is 562 g/mol. The highest BCUT2D eigenvalue weighted by Gasteiger charge is 2.08. The largest absolute Gasteiger partial charge is 1.00 e. The molecule has 0 saturated carbocycles. The number of phosphoric acid groups is 1. The van der Waals surface area contributed by atoms with Crippen molar-refractivity contribution in [2.24, 2.45) is 7.05 Å². The first-order valence-corrected chi connectivity index (χ1v) is 10.1. The lowest BCUT2D eigenvalue weighted by Gasteiger charge is -2.08. The number of nitrogens with one attached hydrogen (secondary N) is 1. The van der Waals surface area contributed by atoms with E-state index >= 15 is 0 Å². The predicted molar refractivity (Wildman–Crippen MR) is 107 cm³/mol. The number of rotatable bonds is 3. The van der Waals surface area contributed by atoms with Crippen molar-refractivity contribution < 1.29 is 47.8 Å². The van der Waals surface area contributed by atoms with Crippen molar-refractivity contribution in [2.75, 3.05) is 5.32 Å². The van der Waals surface area contributed by atoms with Crippen molar-refractivity contribution >= 4 is 41.8 Å². The molecule has 0 fully saturated rings. The molecule has 1 aromatic carbocycles. The topological polar surface area (TPSA) is 137 Å². The Balaban J connectivity index is 0.000000482. The minimum atomic E-state index is -4.64. The zero-order chi connectivity index (χ0) is 21.0. The van der Waals surface area contributed by atoms with Crippen LogP contribution < -0.4 is 33.9 Å². The highest BCUT2D eigenvalue weighted by molar-refractivity contribution is 7.45. The lowest BCUT2D eigenvalue weighted by molar-refractivity contribution is -0.670. The molecular weight excluding hydrogens is 546 g/mol. The van der Waals surface area contributed by atoms with E-state index in [0.29, 0.717) is 5.02 Å². The van der Waals surface area contributed by atoms with Gasteiger partial charge in [-0.15, -0.1) is 0 Å². The summed E-state index contributed by atoms with van der Waals surface area (Å²) in [6, 6.07) is 9.46. The fraction of sp³-hybridized carbons (Fsp3) is 0.0588. The Bertz CT molecular complexity index is 1180. The van der Waals surface area contributed by atoms with Crippen LogP contribution in [0.2, 0.25) is 5.02 Å². The normalized spacial score (nSPS) is 10.7. The Morgan fingerprint density at radius 3 is 2.47 bits per heavy atom. The second kappa shape index (κ2) is 10.2. The zero-order valence-electron chi connectivity index (χ0n) is 15.5. The van der Waals surface area contributed by atoms with Crippen molar-refractivity contribution in [3.8, 4) is 5.82 Å². The lowest BCUT2D eigenvalue weighted by atomic mass is 10.2. The van der Waals surface area contributed by atoms with Crippen LogP contribution in [0.3, 0.4) is 0 Å². The summed E-state index contributed by atoms with van der Waals surface area (Å²) in [6.45, 7) is 0. The van der Waals surface area contributed by atoms with Crippen molar-refractivity contribution in [2.45, 2.75) is 0 Å². The van der Waals surface area contributed by atoms with Crippen molar-refractivity contribution in [3.05, 3.63) is 66.6 Å². The van der Waals surface area contributed by atoms with Gasteiger partial charge in [0.15, 0.2) is 0 Å². The van der Waals surface area contributed by atoms with Crippen LogP contribution in [0.15, 0.2) is 61.6 Å². The Hall–Kier alpha value is -2.15. The van der Waals surface area contributed by atoms with E-state index in [9.17, 15) is 0 Å². The molecule has 3 aromatic heterocycles. The van der Waals surface area contributed by atoms with Crippen LogP contribution in [0.5, 0.6) is 0 Å². The van der Waals surface area contributed by atoms with Crippen LogP contribution in [-0.4, -0.2) is 34.2 Å². The highest BCUT2D eigenvalue weighted by Crippen LogP contribution is 2.26. The van der Waals surface area contributed by atoms with Crippen LogP contribution in [0.1, 0.15) is 0 Å².